The van der Waals surface area contributed by atoms with Gasteiger partial charge in [-0.25, -0.2) is 4.79 Å². The third-order valence-corrected chi connectivity index (χ3v) is 3.65. The molecule has 0 saturated heterocycles. The number of carboxylic acid groups (broad SMARTS) is 1. The van der Waals surface area contributed by atoms with Gasteiger partial charge in [0.25, 0.3) is 0 Å². The van der Waals surface area contributed by atoms with Crippen molar-refractivity contribution in [1.82, 2.24) is 0 Å². The van der Waals surface area contributed by atoms with Gasteiger partial charge in [0.15, 0.2) is 11.9 Å². The van der Waals surface area contributed by atoms with E-state index in [2.05, 4.69) is 0 Å². The second-order valence-corrected chi connectivity index (χ2v) is 5.43. The Labute approximate surface area is 151 Å². The predicted octanol–water partition coefficient (Wildman–Crippen LogP) is 3.45. The van der Waals surface area contributed by atoms with Crippen molar-refractivity contribution >= 4 is 17.8 Å². The quantitative estimate of drug-likeness (QED) is 0.576. The number of aliphatic carboxylic acids is 1. The lowest BCUT2D eigenvalue weighted by Gasteiger charge is -2.10. The van der Waals surface area contributed by atoms with Crippen LogP contribution in [0.1, 0.15) is 22.8 Å². The number of hydrogen-bond acceptors (Lipinski definition) is 5. The highest BCUT2D eigenvalue weighted by molar-refractivity contribution is 6.07. The monoisotopic (exact) mass is 356 g/mol. The fourth-order valence-corrected chi connectivity index (χ4v) is 2.17. The number of ether oxygens (including phenoxy) is 3. The number of allylic oxidation sites excluding steroid dienone is 1. The fraction of sp³-hybridized carbons (Fsp3) is 0.200. The summed E-state index contributed by atoms with van der Waals surface area (Å²) >= 11 is 0. The van der Waals surface area contributed by atoms with Gasteiger partial charge in [-0.3, -0.25) is 4.79 Å². The minimum atomic E-state index is -1.05. The van der Waals surface area contributed by atoms with Crippen LogP contribution in [0.4, 0.5) is 0 Å². The van der Waals surface area contributed by atoms with Gasteiger partial charge in [0.1, 0.15) is 17.2 Å². The zero-order valence-corrected chi connectivity index (χ0v) is 14.8. The molecule has 0 aliphatic heterocycles. The summed E-state index contributed by atoms with van der Waals surface area (Å²) in [7, 11) is 3.11. The van der Waals surface area contributed by atoms with Crippen LogP contribution in [0.5, 0.6) is 17.2 Å². The van der Waals surface area contributed by atoms with E-state index in [1.807, 2.05) is 0 Å². The Morgan fingerprint density at radius 1 is 1.00 bits per heavy atom. The lowest BCUT2D eigenvalue weighted by atomic mass is 10.1. The molecule has 2 aromatic carbocycles. The summed E-state index contributed by atoms with van der Waals surface area (Å²) in [6.07, 6.45) is 2.15. The molecule has 2 aromatic rings. The normalized spacial score (nSPS) is 11.8. The van der Waals surface area contributed by atoms with Crippen LogP contribution in [-0.2, 0) is 4.79 Å². The molecule has 26 heavy (non-hydrogen) atoms. The highest BCUT2D eigenvalue weighted by Gasteiger charge is 2.12. The molecule has 1 unspecified atom stereocenters. The van der Waals surface area contributed by atoms with Crippen LogP contribution in [0.3, 0.4) is 0 Å². The minimum Gasteiger partial charge on any atom is -0.497 e. The molecule has 1 atom stereocenters. The van der Waals surface area contributed by atoms with E-state index in [9.17, 15) is 9.59 Å². The predicted molar refractivity (Wildman–Crippen MR) is 97.1 cm³/mol. The van der Waals surface area contributed by atoms with Crippen molar-refractivity contribution in [3.8, 4) is 17.2 Å². The van der Waals surface area contributed by atoms with E-state index in [0.29, 0.717) is 22.8 Å². The number of hydrogen-bond donors (Lipinski definition) is 1. The lowest BCUT2D eigenvalue weighted by molar-refractivity contribution is -0.144. The van der Waals surface area contributed by atoms with Crippen molar-refractivity contribution in [2.75, 3.05) is 14.2 Å². The largest absolute Gasteiger partial charge is 0.497 e. The van der Waals surface area contributed by atoms with Crippen molar-refractivity contribution in [2.24, 2.45) is 0 Å². The number of ketones is 1. The molecule has 0 aliphatic carbocycles. The standard InChI is InChI=1S/C20H20O6/c1-13(20(22)23)26-16-8-4-14(5-9-16)18(21)11-7-15-6-10-17(24-2)12-19(15)25-3/h4-13H,1-3H3,(H,22,23)/b11-7+. The molecule has 0 bridgehead atoms. The molecular weight excluding hydrogens is 336 g/mol. The average molecular weight is 356 g/mol. The molecule has 0 spiro atoms. The zero-order valence-electron chi connectivity index (χ0n) is 14.8. The highest BCUT2D eigenvalue weighted by Crippen LogP contribution is 2.25. The molecular formula is C20H20O6. The SMILES string of the molecule is COc1ccc(/C=C/C(=O)c2ccc(OC(C)C(=O)O)cc2)c(OC)c1. The van der Waals surface area contributed by atoms with Crippen LogP contribution in [0, 0.1) is 0 Å². The average Bonchev–Trinajstić information content (AvgIpc) is 2.66. The first-order chi connectivity index (χ1) is 12.4. The summed E-state index contributed by atoms with van der Waals surface area (Å²) in [4.78, 5) is 23.1. The molecule has 136 valence electrons. The van der Waals surface area contributed by atoms with Gasteiger partial charge < -0.3 is 19.3 Å². The smallest absolute Gasteiger partial charge is 0.344 e. The molecule has 0 amide bonds. The second kappa shape index (κ2) is 8.71. The fourth-order valence-electron chi connectivity index (χ4n) is 2.17. The van der Waals surface area contributed by atoms with Gasteiger partial charge >= 0.3 is 5.97 Å². The summed E-state index contributed by atoms with van der Waals surface area (Å²) in [5.41, 5.74) is 1.21. The number of carboxylic acids is 1. The van der Waals surface area contributed by atoms with E-state index in [0.717, 1.165) is 5.56 Å². The second-order valence-electron chi connectivity index (χ2n) is 5.43. The molecule has 1 N–H and O–H groups in total. The molecule has 0 fully saturated rings. The Balaban J connectivity index is 2.10. The maximum Gasteiger partial charge on any atom is 0.344 e. The van der Waals surface area contributed by atoms with Crippen molar-refractivity contribution in [3.63, 3.8) is 0 Å². The molecule has 0 heterocycles. The number of benzene rings is 2. The Morgan fingerprint density at radius 3 is 2.23 bits per heavy atom. The zero-order chi connectivity index (χ0) is 19.1. The minimum absolute atomic E-state index is 0.194. The molecule has 6 nitrogen and oxygen atoms in total. The highest BCUT2D eigenvalue weighted by atomic mass is 16.5. The Bertz CT molecular complexity index is 808. The molecule has 6 heteroatoms. The summed E-state index contributed by atoms with van der Waals surface area (Å²) < 4.78 is 15.7. The number of carbonyl (C=O) groups excluding carboxylic acids is 1. The molecule has 2 rings (SSSR count). The number of rotatable bonds is 8. The van der Waals surface area contributed by atoms with Crippen molar-refractivity contribution < 1.29 is 28.9 Å². The van der Waals surface area contributed by atoms with Gasteiger partial charge in [0, 0.05) is 17.2 Å². The first-order valence-electron chi connectivity index (χ1n) is 7.88. The third-order valence-electron chi connectivity index (χ3n) is 3.65. The van der Waals surface area contributed by atoms with Crippen LogP contribution in [0.25, 0.3) is 6.08 Å². The Hall–Kier alpha value is -3.28. The van der Waals surface area contributed by atoms with Gasteiger partial charge in [0.2, 0.25) is 0 Å². The first kappa shape index (κ1) is 19.1. The van der Waals surface area contributed by atoms with E-state index in [-0.39, 0.29) is 5.78 Å². The number of methoxy groups -OCH3 is 2. The van der Waals surface area contributed by atoms with Gasteiger partial charge in [0.05, 0.1) is 14.2 Å². The molecule has 0 aliphatic rings. The van der Waals surface area contributed by atoms with Gasteiger partial charge in [-0.15, -0.1) is 0 Å². The third kappa shape index (κ3) is 4.86. The van der Waals surface area contributed by atoms with E-state index in [4.69, 9.17) is 19.3 Å². The van der Waals surface area contributed by atoms with Gasteiger partial charge in [-0.1, -0.05) is 0 Å². The van der Waals surface area contributed by atoms with Crippen LogP contribution in [-0.4, -0.2) is 37.2 Å². The Kier molecular flexibility index (Phi) is 6.38. The van der Waals surface area contributed by atoms with E-state index >= 15 is 0 Å². The Morgan fingerprint density at radius 2 is 1.65 bits per heavy atom. The van der Waals surface area contributed by atoms with Crippen LogP contribution in [0.2, 0.25) is 0 Å². The van der Waals surface area contributed by atoms with Gasteiger partial charge in [-0.05, 0) is 55.5 Å². The van der Waals surface area contributed by atoms with Crippen molar-refractivity contribution in [1.29, 1.82) is 0 Å². The topological polar surface area (TPSA) is 82.1 Å². The maximum absolute atomic E-state index is 12.3. The van der Waals surface area contributed by atoms with Gasteiger partial charge in [-0.2, -0.15) is 0 Å². The summed E-state index contributed by atoms with van der Waals surface area (Å²) in [6.45, 7) is 1.44. The summed E-state index contributed by atoms with van der Waals surface area (Å²) in [5, 5.41) is 8.83. The molecule has 0 saturated carbocycles. The molecule has 0 radical (unpaired) electrons. The summed E-state index contributed by atoms with van der Waals surface area (Å²) in [6, 6.07) is 11.6. The van der Waals surface area contributed by atoms with Crippen LogP contribution in [0.15, 0.2) is 48.5 Å². The van der Waals surface area contributed by atoms with E-state index in [1.165, 1.54) is 13.0 Å². The first-order valence-corrected chi connectivity index (χ1v) is 7.88. The van der Waals surface area contributed by atoms with Crippen molar-refractivity contribution in [2.45, 2.75) is 13.0 Å². The summed E-state index contributed by atoms with van der Waals surface area (Å²) in [5.74, 6) is 0.399. The van der Waals surface area contributed by atoms with E-state index < -0.39 is 12.1 Å². The van der Waals surface area contributed by atoms with Crippen LogP contribution < -0.4 is 14.2 Å². The lowest BCUT2D eigenvalue weighted by Crippen LogP contribution is -2.22. The number of carbonyl (C=O) groups is 2. The maximum atomic E-state index is 12.3. The van der Waals surface area contributed by atoms with Crippen molar-refractivity contribution in [3.05, 3.63) is 59.7 Å². The van der Waals surface area contributed by atoms with E-state index in [1.54, 1.807) is 62.8 Å². The van der Waals surface area contributed by atoms with Crippen LogP contribution >= 0.6 is 0 Å². The molecule has 0 aromatic heterocycles.